The fraction of sp³-hybridized carbons (Fsp3) is 0.450. The van der Waals surface area contributed by atoms with E-state index in [9.17, 15) is 0 Å². The van der Waals surface area contributed by atoms with Crippen molar-refractivity contribution in [3.8, 4) is 11.5 Å². The Morgan fingerprint density at radius 3 is 2.76 bits per heavy atom. The predicted molar refractivity (Wildman–Crippen MR) is 94.8 cm³/mol. The monoisotopic (exact) mass is 340 g/mol. The van der Waals surface area contributed by atoms with Crippen LogP contribution in [0.25, 0.3) is 0 Å². The second-order valence-electron chi connectivity index (χ2n) is 6.89. The molecule has 1 spiro atoms. The Morgan fingerprint density at radius 2 is 2.04 bits per heavy atom. The largest absolute Gasteiger partial charge is 0.497 e. The Balaban J connectivity index is 1.30. The van der Waals surface area contributed by atoms with Gasteiger partial charge in [-0.3, -0.25) is 9.88 Å². The standard InChI is InChI=1S/C20H24N2O3/c1-23-18-6-4-16(5-7-18)12-22-14-20(15-22)17(8-10-25-20)13-24-19-3-2-9-21-11-19/h2-7,9,11,17H,8,10,12-15H2,1H3/t17-/m1/s1. The first-order valence-electron chi connectivity index (χ1n) is 8.79. The molecule has 0 saturated carbocycles. The van der Waals surface area contributed by atoms with Crippen LogP contribution in [0, 0.1) is 5.92 Å². The van der Waals surface area contributed by atoms with Crippen LogP contribution in [0.5, 0.6) is 11.5 Å². The average molecular weight is 340 g/mol. The van der Waals surface area contributed by atoms with E-state index >= 15 is 0 Å². The summed E-state index contributed by atoms with van der Waals surface area (Å²) in [6.07, 6.45) is 4.59. The Labute approximate surface area is 148 Å². The van der Waals surface area contributed by atoms with Crippen molar-refractivity contribution >= 4 is 0 Å². The molecule has 0 bridgehead atoms. The van der Waals surface area contributed by atoms with Gasteiger partial charge in [-0.25, -0.2) is 0 Å². The van der Waals surface area contributed by atoms with E-state index in [0.29, 0.717) is 12.5 Å². The van der Waals surface area contributed by atoms with Gasteiger partial charge in [-0.1, -0.05) is 12.1 Å². The van der Waals surface area contributed by atoms with Gasteiger partial charge in [0, 0.05) is 38.4 Å². The van der Waals surface area contributed by atoms with Crippen molar-refractivity contribution < 1.29 is 14.2 Å². The van der Waals surface area contributed by atoms with E-state index < -0.39 is 0 Å². The zero-order chi connectivity index (χ0) is 17.1. The Kier molecular flexibility index (Phi) is 4.59. The lowest BCUT2D eigenvalue weighted by Gasteiger charge is -2.50. The summed E-state index contributed by atoms with van der Waals surface area (Å²) in [6, 6.07) is 12.1. The van der Waals surface area contributed by atoms with E-state index in [0.717, 1.165) is 44.2 Å². The zero-order valence-electron chi connectivity index (χ0n) is 14.6. The van der Waals surface area contributed by atoms with Crippen LogP contribution in [-0.2, 0) is 11.3 Å². The normalized spacial score (nSPS) is 21.9. The molecule has 0 amide bonds. The van der Waals surface area contributed by atoms with Gasteiger partial charge in [0.05, 0.1) is 25.5 Å². The van der Waals surface area contributed by atoms with E-state index in [1.807, 2.05) is 24.3 Å². The van der Waals surface area contributed by atoms with Gasteiger partial charge in [0.2, 0.25) is 0 Å². The SMILES string of the molecule is COc1ccc(CN2CC3(C2)OCC[C@@H]3COc2cccnc2)cc1. The molecule has 2 aliphatic rings. The third-order valence-electron chi connectivity index (χ3n) is 5.23. The first kappa shape index (κ1) is 16.4. The second-order valence-corrected chi connectivity index (χ2v) is 6.89. The topological polar surface area (TPSA) is 43.8 Å². The average Bonchev–Trinajstić information content (AvgIpc) is 3.05. The number of nitrogens with zero attached hydrogens (tertiary/aromatic N) is 2. The minimum Gasteiger partial charge on any atom is -0.497 e. The predicted octanol–water partition coefficient (Wildman–Crippen LogP) is 2.76. The summed E-state index contributed by atoms with van der Waals surface area (Å²) in [5.74, 6) is 2.18. The second kappa shape index (κ2) is 7.02. The minimum absolute atomic E-state index is 0.0331. The highest BCUT2D eigenvalue weighted by Crippen LogP contribution is 2.40. The van der Waals surface area contributed by atoms with E-state index in [-0.39, 0.29) is 5.60 Å². The lowest BCUT2D eigenvalue weighted by Crippen LogP contribution is -2.64. The number of aromatic nitrogens is 1. The van der Waals surface area contributed by atoms with Crippen LogP contribution < -0.4 is 9.47 Å². The molecule has 3 heterocycles. The van der Waals surface area contributed by atoms with Gasteiger partial charge in [-0.05, 0) is 36.2 Å². The van der Waals surface area contributed by atoms with Crippen LogP contribution in [0.3, 0.4) is 0 Å². The summed E-state index contributed by atoms with van der Waals surface area (Å²) in [6.45, 7) is 4.42. The number of pyridine rings is 1. The summed E-state index contributed by atoms with van der Waals surface area (Å²) in [4.78, 5) is 6.53. The highest BCUT2D eigenvalue weighted by atomic mass is 16.5. The van der Waals surface area contributed by atoms with Crippen LogP contribution in [-0.4, -0.2) is 48.9 Å². The molecule has 2 saturated heterocycles. The lowest BCUT2D eigenvalue weighted by molar-refractivity contribution is -0.140. The van der Waals surface area contributed by atoms with Crippen LogP contribution in [0.4, 0.5) is 0 Å². The first-order chi connectivity index (χ1) is 12.3. The molecule has 25 heavy (non-hydrogen) atoms. The van der Waals surface area contributed by atoms with Gasteiger partial charge in [-0.2, -0.15) is 0 Å². The molecule has 1 aromatic heterocycles. The number of hydrogen-bond acceptors (Lipinski definition) is 5. The molecule has 0 aliphatic carbocycles. The summed E-state index contributed by atoms with van der Waals surface area (Å²) in [5.41, 5.74) is 1.27. The molecule has 0 unspecified atom stereocenters. The molecule has 0 radical (unpaired) electrons. The van der Waals surface area contributed by atoms with E-state index in [1.165, 1.54) is 5.56 Å². The minimum atomic E-state index is -0.0331. The molecule has 2 aliphatic heterocycles. The Morgan fingerprint density at radius 1 is 1.20 bits per heavy atom. The summed E-state index contributed by atoms with van der Waals surface area (Å²) in [7, 11) is 1.69. The Hall–Kier alpha value is -2.11. The molecule has 0 N–H and O–H groups in total. The highest BCUT2D eigenvalue weighted by Gasteiger charge is 2.53. The van der Waals surface area contributed by atoms with Crippen molar-refractivity contribution in [3.63, 3.8) is 0 Å². The maximum absolute atomic E-state index is 6.12. The molecule has 5 nitrogen and oxygen atoms in total. The molecular formula is C20H24N2O3. The van der Waals surface area contributed by atoms with Crippen LogP contribution >= 0.6 is 0 Å². The molecule has 5 heteroatoms. The number of benzene rings is 1. The lowest BCUT2D eigenvalue weighted by atomic mass is 9.81. The van der Waals surface area contributed by atoms with Crippen molar-refractivity contribution in [2.24, 2.45) is 5.92 Å². The number of likely N-dealkylation sites (tertiary alicyclic amines) is 1. The van der Waals surface area contributed by atoms with Crippen molar-refractivity contribution in [2.75, 3.05) is 33.4 Å². The van der Waals surface area contributed by atoms with E-state index in [2.05, 4.69) is 22.0 Å². The molecule has 132 valence electrons. The number of ether oxygens (including phenoxy) is 3. The third-order valence-corrected chi connectivity index (χ3v) is 5.23. The fourth-order valence-corrected chi connectivity index (χ4v) is 3.81. The molecule has 1 atom stereocenters. The quantitative estimate of drug-likeness (QED) is 0.809. The van der Waals surface area contributed by atoms with E-state index in [4.69, 9.17) is 14.2 Å². The number of methoxy groups -OCH3 is 1. The van der Waals surface area contributed by atoms with Crippen molar-refractivity contribution in [1.29, 1.82) is 0 Å². The molecule has 2 aromatic rings. The summed E-state index contributed by atoms with van der Waals surface area (Å²) >= 11 is 0. The maximum Gasteiger partial charge on any atom is 0.137 e. The van der Waals surface area contributed by atoms with Crippen molar-refractivity contribution in [1.82, 2.24) is 9.88 Å². The van der Waals surface area contributed by atoms with Crippen LogP contribution in [0.2, 0.25) is 0 Å². The van der Waals surface area contributed by atoms with Crippen LogP contribution in [0.15, 0.2) is 48.8 Å². The van der Waals surface area contributed by atoms with Gasteiger partial charge < -0.3 is 14.2 Å². The number of hydrogen-bond donors (Lipinski definition) is 0. The molecular weight excluding hydrogens is 316 g/mol. The zero-order valence-corrected chi connectivity index (χ0v) is 14.6. The van der Waals surface area contributed by atoms with Crippen molar-refractivity contribution in [2.45, 2.75) is 18.6 Å². The summed E-state index contributed by atoms with van der Waals surface area (Å²) < 4.78 is 17.3. The maximum atomic E-state index is 6.12. The van der Waals surface area contributed by atoms with Gasteiger partial charge in [0.1, 0.15) is 11.5 Å². The van der Waals surface area contributed by atoms with E-state index in [1.54, 1.807) is 19.5 Å². The first-order valence-corrected chi connectivity index (χ1v) is 8.79. The number of rotatable bonds is 6. The van der Waals surface area contributed by atoms with Gasteiger partial charge in [-0.15, -0.1) is 0 Å². The third kappa shape index (κ3) is 3.48. The Bertz CT molecular complexity index is 684. The van der Waals surface area contributed by atoms with Gasteiger partial charge in [0.25, 0.3) is 0 Å². The molecule has 4 rings (SSSR count). The van der Waals surface area contributed by atoms with Crippen molar-refractivity contribution in [3.05, 3.63) is 54.4 Å². The fourth-order valence-electron chi connectivity index (χ4n) is 3.81. The molecule has 1 aromatic carbocycles. The highest BCUT2D eigenvalue weighted by molar-refractivity contribution is 5.27. The van der Waals surface area contributed by atoms with Gasteiger partial charge in [0.15, 0.2) is 0 Å². The summed E-state index contributed by atoms with van der Waals surface area (Å²) in [5, 5.41) is 0. The molecule has 2 fully saturated rings. The smallest absolute Gasteiger partial charge is 0.137 e. The van der Waals surface area contributed by atoms with Crippen LogP contribution in [0.1, 0.15) is 12.0 Å². The van der Waals surface area contributed by atoms with Gasteiger partial charge >= 0.3 is 0 Å².